The van der Waals surface area contributed by atoms with Gasteiger partial charge in [0.2, 0.25) is 5.95 Å². The molecule has 0 aliphatic carbocycles. The quantitative estimate of drug-likeness (QED) is 0.350. The van der Waals surface area contributed by atoms with Crippen LogP contribution in [0.15, 0.2) is 85.1 Å². The third-order valence-corrected chi connectivity index (χ3v) is 6.82. The van der Waals surface area contributed by atoms with Crippen LogP contribution in [0.1, 0.15) is 19.4 Å². The van der Waals surface area contributed by atoms with Gasteiger partial charge in [-0.2, -0.15) is 4.98 Å². The molecule has 184 valence electrons. The second-order valence-corrected chi connectivity index (χ2v) is 9.85. The first kappa shape index (κ1) is 23.7. The van der Waals surface area contributed by atoms with E-state index < -0.39 is 0 Å². The minimum Gasteiger partial charge on any atom is -0.497 e. The molecular formula is C30H33N5O. The Morgan fingerprint density at radius 1 is 0.889 bits per heavy atom. The Hall–Kier alpha value is -4.06. The molecule has 36 heavy (non-hydrogen) atoms. The average Bonchev–Trinajstić information content (AvgIpc) is 2.90. The second kappa shape index (κ2) is 9.90. The summed E-state index contributed by atoms with van der Waals surface area (Å²) in [7, 11) is 1.70. The van der Waals surface area contributed by atoms with Gasteiger partial charge < -0.3 is 19.9 Å². The number of rotatable bonds is 6. The second-order valence-electron chi connectivity index (χ2n) is 9.85. The summed E-state index contributed by atoms with van der Waals surface area (Å²) < 4.78 is 5.32. The lowest BCUT2D eigenvalue weighted by molar-refractivity contribution is 0.408. The largest absolute Gasteiger partial charge is 0.497 e. The van der Waals surface area contributed by atoms with Crippen molar-refractivity contribution < 1.29 is 4.74 Å². The standard InChI is InChI=1S/C30H33N5O/c1-22-10-11-24(23-8-6-5-7-9-23)20-27(22)32-28-16-17-31-29(33-28)34-18-19-35(30(2,3)21-34)25-12-14-26(36-4)15-13-25/h5-17,20H,18-19,21H2,1-4H3,(H,31,32,33). The number of hydrogen-bond acceptors (Lipinski definition) is 6. The molecule has 0 unspecified atom stereocenters. The van der Waals surface area contributed by atoms with Crippen LogP contribution >= 0.6 is 0 Å². The van der Waals surface area contributed by atoms with Crippen LogP contribution in [0.25, 0.3) is 11.1 Å². The highest BCUT2D eigenvalue weighted by atomic mass is 16.5. The van der Waals surface area contributed by atoms with Crippen molar-refractivity contribution in [3.8, 4) is 16.9 Å². The van der Waals surface area contributed by atoms with E-state index in [0.717, 1.165) is 42.8 Å². The molecule has 6 nitrogen and oxygen atoms in total. The minimum atomic E-state index is -0.0831. The van der Waals surface area contributed by atoms with E-state index in [2.05, 4.69) is 95.5 Å². The first-order valence-electron chi connectivity index (χ1n) is 12.4. The van der Waals surface area contributed by atoms with Gasteiger partial charge >= 0.3 is 0 Å². The van der Waals surface area contributed by atoms with E-state index in [9.17, 15) is 0 Å². The molecule has 6 heteroatoms. The molecule has 0 amide bonds. The fourth-order valence-corrected chi connectivity index (χ4v) is 4.84. The number of aromatic nitrogens is 2. The smallest absolute Gasteiger partial charge is 0.227 e. The van der Waals surface area contributed by atoms with E-state index >= 15 is 0 Å². The number of anilines is 4. The topological polar surface area (TPSA) is 53.5 Å². The summed E-state index contributed by atoms with van der Waals surface area (Å²) >= 11 is 0. The molecule has 2 heterocycles. The molecule has 0 saturated carbocycles. The van der Waals surface area contributed by atoms with E-state index in [1.165, 1.54) is 22.4 Å². The zero-order valence-electron chi connectivity index (χ0n) is 21.4. The molecular weight excluding hydrogens is 446 g/mol. The first-order chi connectivity index (χ1) is 17.4. The molecule has 1 N–H and O–H groups in total. The van der Waals surface area contributed by atoms with Gasteiger partial charge in [-0.1, -0.05) is 42.5 Å². The summed E-state index contributed by atoms with van der Waals surface area (Å²) in [4.78, 5) is 14.2. The number of ether oxygens (including phenoxy) is 1. The number of methoxy groups -OCH3 is 1. The Bertz CT molecular complexity index is 1320. The summed E-state index contributed by atoms with van der Waals surface area (Å²) in [6, 6.07) is 27.1. The van der Waals surface area contributed by atoms with Gasteiger partial charge in [0.25, 0.3) is 0 Å². The summed E-state index contributed by atoms with van der Waals surface area (Å²) in [6.07, 6.45) is 1.84. The van der Waals surface area contributed by atoms with Crippen molar-refractivity contribution in [2.75, 3.05) is 41.9 Å². The zero-order chi connectivity index (χ0) is 25.1. The van der Waals surface area contributed by atoms with Crippen LogP contribution < -0.4 is 19.9 Å². The van der Waals surface area contributed by atoms with Crippen molar-refractivity contribution in [1.82, 2.24) is 9.97 Å². The monoisotopic (exact) mass is 479 g/mol. The van der Waals surface area contributed by atoms with Gasteiger partial charge in [-0.05, 0) is 73.9 Å². The molecule has 4 aromatic rings. The summed E-state index contributed by atoms with van der Waals surface area (Å²) in [5, 5.41) is 3.53. The molecule has 1 fully saturated rings. The van der Waals surface area contributed by atoms with Gasteiger partial charge in [-0.15, -0.1) is 0 Å². The van der Waals surface area contributed by atoms with Crippen LogP contribution in [0, 0.1) is 6.92 Å². The Morgan fingerprint density at radius 2 is 1.67 bits per heavy atom. The van der Waals surface area contributed by atoms with Gasteiger partial charge in [0, 0.05) is 37.2 Å². The van der Waals surface area contributed by atoms with E-state index in [1.54, 1.807) is 7.11 Å². The number of benzene rings is 3. The van der Waals surface area contributed by atoms with E-state index in [4.69, 9.17) is 9.72 Å². The van der Waals surface area contributed by atoms with Crippen LogP contribution in [-0.2, 0) is 0 Å². The SMILES string of the molecule is COc1ccc(N2CCN(c3nccc(Nc4cc(-c5ccccc5)ccc4C)n3)CC2(C)C)cc1. The molecule has 3 aromatic carbocycles. The third kappa shape index (κ3) is 4.98. The number of piperazine rings is 1. The summed E-state index contributed by atoms with van der Waals surface area (Å²) in [5.74, 6) is 2.42. The van der Waals surface area contributed by atoms with Crippen molar-refractivity contribution in [2.24, 2.45) is 0 Å². The van der Waals surface area contributed by atoms with Crippen molar-refractivity contribution in [2.45, 2.75) is 26.3 Å². The van der Waals surface area contributed by atoms with Crippen LogP contribution in [0.4, 0.5) is 23.1 Å². The van der Waals surface area contributed by atoms with Crippen LogP contribution in [-0.4, -0.2) is 42.3 Å². The molecule has 1 aliphatic heterocycles. The predicted molar refractivity (Wildman–Crippen MR) is 149 cm³/mol. The summed E-state index contributed by atoms with van der Waals surface area (Å²) in [6.45, 7) is 9.21. The van der Waals surface area contributed by atoms with Gasteiger partial charge in [0.1, 0.15) is 11.6 Å². The fraction of sp³-hybridized carbons (Fsp3) is 0.267. The van der Waals surface area contributed by atoms with E-state index in [1.807, 2.05) is 30.5 Å². The van der Waals surface area contributed by atoms with Crippen LogP contribution in [0.2, 0.25) is 0 Å². The van der Waals surface area contributed by atoms with Crippen molar-refractivity contribution >= 4 is 23.1 Å². The number of nitrogens with one attached hydrogen (secondary N) is 1. The molecule has 0 atom stereocenters. The number of aryl methyl sites for hydroxylation is 1. The minimum absolute atomic E-state index is 0.0831. The number of hydrogen-bond donors (Lipinski definition) is 1. The average molecular weight is 480 g/mol. The highest BCUT2D eigenvalue weighted by Gasteiger charge is 2.35. The maximum atomic E-state index is 5.32. The molecule has 1 aromatic heterocycles. The van der Waals surface area contributed by atoms with Crippen LogP contribution in [0.5, 0.6) is 5.75 Å². The van der Waals surface area contributed by atoms with Gasteiger partial charge in [0.15, 0.2) is 0 Å². The van der Waals surface area contributed by atoms with Gasteiger partial charge in [0.05, 0.1) is 12.6 Å². The number of nitrogens with zero attached hydrogens (tertiary/aromatic N) is 4. The van der Waals surface area contributed by atoms with E-state index in [0.29, 0.717) is 0 Å². The molecule has 1 saturated heterocycles. The molecule has 0 radical (unpaired) electrons. The molecule has 5 rings (SSSR count). The highest BCUT2D eigenvalue weighted by Crippen LogP contribution is 2.31. The maximum Gasteiger partial charge on any atom is 0.227 e. The fourth-order valence-electron chi connectivity index (χ4n) is 4.84. The Kier molecular flexibility index (Phi) is 6.51. The zero-order valence-corrected chi connectivity index (χ0v) is 21.4. The molecule has 0 spiro atoms. The molecule has 0 bridgehead atoms. The van der Waals surface area contributed by atoms with Crippen LogP contribution in [0.3, 0.4) is 0 Å². The Balaban J connectivity index is 1.33. The van der Waals surface area contributed by atoms with Crippen molar-refractivity contribution in [3.05, 3.63) is 90.6 Å². The van der Waals surface area contributed by atoms with E-state index in [-0.39, 0.29) is 5.54 Å². The Morgan fingerprint density at radius 3 is 2.39 bits per heavy atom. The lowest BCUT2D eigenvalue weighted by atomic mass is 9.98. The first-order valence-corrected chi connectivity index (χ1v) is 12.4. The van der Waals surface area contributed by atoms with Crippen molar-refractivity contribution in [3.63, 3.8) is 0 Å². The van der Waals surface area contributed by atoms with Gasteiger partial charge in [-0.25, -0.2) is 4.98 Å². The van der Waals surface area contributed by atoms with Crippen molar-refractivity contribution in [1.29, 1.82) is 0 Å². The molecule has 1 aliphatic rings. The third-order valence-electron chi connectivity index (χ3n) is 6.82. The Labute approximate surface area is 213 Å². The lowest BCUT2D eigenvalue weighted by Gasteiger charge is -2.48. The highest BCUT2D eigenvalue weighted by molar-refractivity contribution is 5.72. The maximum absolute atomic E-state index is 5.32. The normalized spacial score (nSPS) is 15.0. The van der Waals surface area contributed by atoms with Gasteiger partial charge in [-0.3, -0.25) is 0 Å². The lowest BCUT2D eigenvalue weighted by Crippen LogP contribution is -2.60. The summed E-state index contributed by atoms with van der Waals surface area (Å²) in [5.41, 5.74) is 5.70. The predicted octanol–water partition coefficient (Wildman–Crippen LogP) is 6.31.